The molecule has 0 fully saturated rings. The number of ether oxygens (including phenoxy) is 1. The van der Waals surface area contributed by atoms with Crippen molar-refractivity contribution < 1.29 is 14.3 Å². The zero-order chi connectivity index (χ0) is 16.8. The molecule has 0 aliphatic carbocycles. The number of rotatable bonds is 7. The number of hydrogen-bond acceptors (Lipinski definition) is 5. The first kappa shape index (κ1) is 17.9. The van der Waals surface area contributed by atoms with Crippen LogP contribution >= 0.6 is 0 Å². The molecule has 0 bridgehead atoms. The van der Waals surface area contributed by atoms with E-state index in [4.69, 9.17) is 4.74 Å². The molecule has 1 aromatic heterocycles. The fourth-order valence-corrected chi connectivity index (χ4v) is 1.64. The Balaban J connectivity index is 2.64. The smallest absolute Gasteiger partial charge is 0.359 e. The highest BCUT2D eigenvalue weighted by Gasteiger charge is 2.19. The van der Waals surface area contributed by atoms with E-state index in [0.717, 1.165) is 12.8 Å². The van der Waals surface area contributed by atoms with Crippen LogP contribution in [-0.4, -0.2) is 33.8 Å². The number of carbonyl (C=O) groups is 2. The molecule has 0 radical (unpaired) electrons. The predicted octanol–water partition coefficient (Wildman–Crippen LogP) is 1.11. The second kappa shape index (κ2) is 7.72. The summed E-state index contributed by atoms with van der Waals surface area (Å²) in [6, 6.07) is 2.56. The van der Waals surface area contributed by atoms with Gasteiger partial charge in [-0.05, 0) is 32.8 Å². The molecule has 0 spiro atoms. The van der Waals surface area contributed by atoms with Gasteiger partial charge in [0.05, 0.1) is 0 Å². The molecule has 1 amide bonds. The largest absolute Gasteiger partial charge is 0.451 e. The van der Waals surface area contributed by atoms with Crippen LogP contribution in [0.15, 0.2) is 16.9 Å². The number of hydrogen-bond donors (Lipinski definition) is 1. The lowest BCUT2D eigenvalue weighted by Gasteiger charge is -2.24. The highest BCUT2D eigenvalue weighted by molar-refractivity contribution is 5.89. The third-order valence-corrected chi connectivity index (χ3v) is 3.21. The van der Waals surface area contributed by atoms with Crippen molar-refractivity contribution in [3.8, 4) is 0 Å². The Morgan fingerprint density at radius 3 is 2.59 bits per heavy atom. The highest BCUT2D eigenvalue weighted by Crippen LogP contribution is 2.06. The maximum Gasteiger partial charge on any atom is 0.359 e. The molecule has 0 unspecified atom stereocenters. The quantitative estimate of drug-likeness (QED) is 0.762. The Kier molecular flexibility index (Phi) is 6.27. The monoisotopic (exact) mass is 309 g/mol. The van der Waals surface area contributed by atoms with E-state index in [-0.39, 0.29) is 29.3 Å². The van der Waals surface area contributed by atoms with Crippen LogP contribution in [0.5, 0.6) is 0 Å². The maximum absolute atomic E-state index is 11.9. The van der Waals surface area contributed by atoms with Gasteiger partial charge in [-0.25, -0.2) is 9.48 Å². The first-order valence-corrected chi connectivity index (χ1v) is 7.35. The molecular weight excluding hydrogens is 286 g/mol. The summed E-state index contributed by atoms with van der Waals surface area (Å²) in [6.45, 7) is 7.66. The summed E-state index contributed by atoms with van der Waals surface area (Å²) < 4.78 is 6.13. The summed E-state index contributed by atoms with van der Waals surface area (Å²) in [7, 11) is 0. The number of nitrogens with one attached hydrogen (secondary N) is 1. The van der Waals surface area contributed by atoms with Crippen molar-refractivity contribution in [1.82, 2.24) is 15.1 Å². The fraction of sp³-hybridized carbons (Fsp3) is 0.600. The average molecular weight is 309 g/mol. The van der Waals surface area contributed by atoms with Gasteiger partial charge in [-0.1, -0.05) is 13.8 Å². The lowest BCUT2D eigenvalue weighted by molar-refractivity contribution is -0.125. The van der Waals surface area contributed by atoms with Crippen LogP contribution in [0.1, 0.15) is 51.0 Å². The van der Waals surface area contributed by atoms with Gasteiger partial charge in [-0.15, -0.1) is 0 Å². The zero-order valence-electron chi connectivity index (χ0n) is 13.5. The van der Waals surface area contributed by atoms with E-state index in [9.17, 15) is 14.4 Å². The molecule has 0 saturated carbocycles. The number of amides is 1. The summed E-state index contributed by atoms with van der Waals surface area (Å²) in [5.74, 6) is -1.10. The van der Waals surface area contributed by atoms with Crippen LogP contribution in [0, 0.1) is 0 Å². The van der Waals surface area contributed by atoms with Gasteiger partial charge in [0.15, 0.2) is 12.3 Å². The van der Waals surface area contributed by atoms with Crippen LogP contribution in [0.25, 0.3) is 0 Å². The molecule has 0 aromatic carbocycles. The number of carbonyl (C=O) groups excluding carboxylic acids is 2. The van der Waals surface area contributed by atoms with Crippen molar-refractivity contribution in [3.63, 3.8) is 0 Å². The first-order valence-electron chi connectivity index (χ1n) is 7.35. The fourth-order valence-electron chi connectivity index (χ4n) is 1.64. The summed E-state index contributed by atoms with van der Waals surface area (Å²) in [6.07, 6.45) is 1.48. The van der Waals surface area contributed by atoms with Crippen molar-refractivity contribution >= 4 is 11.9 Å². The van der Waals surface area contributed by atoms with E-state index in [1.54, 1.807) is 0 Å². The minimum atomic E-state index is -0.727. The molecule has 7 heteroatoms. The lowest BCUT2D eigenvalue weighted by Crippen LogP contribution is -2.44. The average Bonchev–Trinajstić information content (AvgIpc) is 2.47. The van der Waals surface area contributed by atoms with E-state index in [0.29, 0.717) is 6.54 Å². The van der Waals surface area contributed by atoms with Crippen molar-refractivity contribution in [2.24, 2.45) is 0 Å². The standard InChI is InChI=1S/C15H23N3O4/c1-5-9-18-13(20)8-7-11(17-18)14(21)22-10-12(19)16-15(3,4)6-2/h7-8H,5-6,9-10H2,1-4H3,(H,16,19). The number of nitrogens with zero attached hydrogens (tertiary/aromatic N) is 2. The van der Waals surface area contributed by atoms with Crippen molar-refractivity contribution in [2.75, 3.05) is 6.61 Å². The second-order valence-corrected chi connectivity index (χ2v) is 5.64. The van der Waals surface area contributed by atoms with E-state index < -0.39 is 5.97 Å². The van der Waals surface area contributed by atoms with Gasteiger partial charge in [-0.3, -0.25) is 9.59 Å². The van der Waals surface area contributed by atoms with Gasteiger partial charge in [0.25, 0.3) is 11.5 Å². The molecule has 0 aliphatic heterocycles. The van der Waals surface area contributed by atoms with Crippen molar-refractivity contribution in [1.29, 1.82) is 0 Å². The van der Waals surface area contributed by atoms with Crippen molar-refractivity contribution in [2.45, 2.75) is 52.6 Å². The highest BCUT2D eigenvalue weighted by atomic mass is 16.5. The summed E-state index contributed by atoms with van der Waals surface area (Å²) >= 11 is 0. The minimum Gasteiger partial charge on any atom is -0.451 e. The Labute approximate surface area is 129 Å². The van der Waals surface area contributed by atoms with E-state index >= 15 is 0 Å². The molecule has 0 saturated heterocycles. The van der Waals surface area contributed by atoms with Crippen LogP contribution in [0.3, 0.4) is 0 Å². The molecule has 122 valence electrons. The normalized spacial score (nSPS) is 11.1. The Morgan fingerprint density at radius 1 is 1.32 bits per heavy atom. The van der Waals surface area contributed by atoms with E-state index in [1.807, 2.05) is 27.7 Å². The Hall–Kier alpha value is -2.18. The summed E-state index contributed by atoms with van der Waals surface area (Å²) in [5, 5.41) is 6.69. The third kappa shape index (κ3) is 5.31. The third-order valence-electron chi connectivity index (χ3n) is 3.21. The van der Waals surface area contributed by atoms with Gasteiger partial charge in [0, 0.05) is 18.2 Å². The van der Waals surface area contributed by atoms with Gasteiger partial charge < -0.3 is 10.1 Å². The van der Waals surface area contributed by atoms with Crippen LogP contribution < -0.4 is 10.9 Å². The maximum atomic E-state index is 11.9. The molecule has 1 aromatic rings. The van der Waals surface area contributed by atoms with Gasteiger partial charge in [-0.2, -0.15) is 5.10 Å². The van der Waals surface area contributed by atoms with Gasteiger partial charge in [0.1, 0.15) is 0 Å². The first-order chi connectivity index (χ1) is 10.3. The van der Waals surface area contributed by atoms with Gasteiger partial charge >= 0.3 is 5.97 Å². The Bertz CT molecular complexity index is 593. The number of esters is 1. The lowest BCUT2D eigenvalue weighted by atomic mass is 10.0. The minimum absolute atomic E-state index is 0.00982. The summed E-state index contributed by atoms with van der Waals surface area (Å²) in [5.41, 5.74) is -0.618. The predicted molar refractivity (Wildman–Crippen MR) is 81.6 cm³/mol. The SMILES string of the molecule is CCCn1nc(C(=O)OCC(=O)NC(C)(C)CC)ccc1=O. The molecule has 1 rings (SSSR count). The molecule has 1 N–H and O–H groups in total. The zero-order valence-corrected chi connectivity index (χ0v) is 13.5. The molecule has 0 atom stereocenters. The number of aromatic nitrogens is 2. The van der Waals surface area contributed by atoms with Gasteiger partial charge in [0.2, 0.25) is 0 Å². The molecule has 1 heterocycles. The Morgan fingerprint density at radius 2 is 2.00 bits per heavy atom. The van der Waals surface area contributed by atoms with E-state index in [2.05, 4.69) is 10.4 Å². The van der Waals surface area contributed by atoms with Crippen LogP contribution in [-0.2, 0) is 16.1 Å². The van der Waals surface area contributed by atoms with Crippen molar-refractivity contribution in [3.05, 3.63) is 28.2 Å². The van der Waals surface area contributed by atoms with E-state index in [1.165, 1.54) is 16.8 Å². The topological polar surface area (TPSA) is 90.3 Å². The second-order valence-electron chi connectivity index (χ2n) is 5.64. The number of aryl methyl sites for hydroxylation is 1. The molecule has 22 heavy (non-hydrogen) atoms. The molecule has 0 aliphatic rings. The summed E-state index contributed by atoms with van der Waals surface area (Å²) in [4.78, 5) is 35.1. The van der Waals surface area contributed by atoms with Crippen LogP contribution in [0.4, 0.5) is 0 Å². The molecular formula is C15H23N3O4. The molecule has 7 nitrogen and oxygen atoms in total. The van der Waals surface area contributed by atoms with Crippen LogP contribution in [0.2, 0.25) is 0 Å².